The summed E-state index contributed by atoms with van der Waals surface area (Å²) in [5.41, 5.74) is 1.28. The number of aliphatic hydroxyl groups excluding tert-OH is 1. The van der Waals surface area contributed by atoms with Gasteiger partial charge in [-0.2, -0.15) is 13.2 Å². The molecule has 0 unspecified atom stereocenters. The topological polar surface area (TPSA) is 55.8 Å². The maximum Gasteiger partial charge on any atom is 0.416 e. The Kier molecular flexibility index (Phi) is 5.16. The first-order valence-corrected chi connectivity index (χ1v) is 10.6. The van der Waals surface area contributed by atoms with E-state index in [1.54, 1.807) is 42.5 Å². The zero-order chi connectivity index (χ0) is 23.2. The third-order valence-electron chi connectivity index (χ3n) is 6.36. The number of Topliss-reactive ketones (excluding diaryl/α,β-unsaturated/α-hetero) is 1. The molecule has 4 nitrogen and oxygen atoms in total. The molecule has 5 rings (SSSR count). The quantitative estimate of drug-likeness (QED) is 0.518. The van der Waals surface area contributed by atoms with E-state index in [0.717, 1.165) is 17.7 Å². The molecule has 0 spiro atoms. The van der Waals surface area contributed by atoms with Crippen molar-refractivity contribution in [1.29, 1.82) is 0 Å². The maximum atomic E-state index is 13.6. The number of hydrogen-bond acceptors (Lipinski definition) is 4. The number of aliphatic hydroxyl groups is 1. The molecule has 3 aromatic rings. The van der Waals surface area contributed by atoms with Gasteiger partial charge in [0.25, 0.3) is 0 Å². The first kappa shape index (κ1) is 21.5. The Balaban J connectivity index is 0.00000274. The lowest BCUT2D eigenvalue weighted by atomic mass is 9.86. The molecule has 1 aliphatic heterocycles. The van der Waals surface area contributed by atoms with Crippen molar-refractivity contribution in [3.63, 3.8) is 0 Å². The number of carbonyl (C=O) groups is 1. The van der Waals surface area contributed by atoms with Crippen LogP contribution in [-0.2, 0) is 29.4 Å². The van der Waals surface area contributed by atoms with Crippen LogP contribution in [-0.4, -0.2) is 17.7 Å². The number of ether oxygens (including phenoxy) is 2. The summed E-state index contributed by atoms with van der Waals surface area (Å²) in [7, 11) is 0. The van der Waals surface area contributed by atoms with Crippen molar-refractivity contribution in [2.45, 2.75) is 37.5 Å². The van der Waals surface area contributed by atoms with E-state index in [1.807, 2.05) is 6.07 Å². The lowest BCUT2D eigenvalue weighted by molar-refractivity contribution is -0.137. The third kappa shape index (κ3) is 4.09. The van der Waals surface area contributed by atoms with Crippen LogP contribution in [0.1, 0.15) is 36.5 Å². The number of ketones is 1. The second-order valence-electron chi connectivity index (χ2n) is 8.52. The van der Waals surface area contributed by atoms with Crippen LogP contribution in [0.25, 0.3) is 11.1 Å². The van der Waals surface area contributed by atoms with Gasteiger partial charge in [0.1, 0.15) is 5.78 Å². The molecule has 0 aromatic heterocycles. The van der Waals surface area contributed by atoms with Gasteiger partial charge in [0.2, 0.25) is 6.79 Å². The number of fused-ring (bicyclic) bond motifs is 1. The number of alkyl halides is 3. The molecule has 172 valence electrons. The number of benzene rings is 3. The highest BCUT2D eigenvalue weighted by molar-refractivity contribution is 5.95. The molecule has 0 bridgehead atoms. The zero-order valence-corrected chi connectivity index (χ0v) is 17.6. The van der Waals surface area contributed by atoms with Crippen LogP contribution in [0.15, 0.2) is 60.7 Å². The summed E-state index contributed by atoms with van der Waals surface area (Å²) in [6.45, 7) is -0.0173. The Morgan fingerprint density at radius 1 is 0.909 bits per heavy atom. The number of carbonyl (C=O) groups excluding carboxylic acids is 1. The highest BCUT2D eigenvalue weighted by Crippen LogP contribution is 2.51. The smallest absolute Gasteiger partial charge is 0.416 e. The molecule has 0 atom stereocenters. The lowest BCUT2D eigenvalue weighted by Crippen LogP contribution is -2.22. The first-order chi connectivity index (χ1) is 15.8. The van der Waals surface area contributed by atoms with Crippen molar-refractivity contribution in [3.8, 4) is 22.6 Å². The fourth-order valence-electron chi connectivity index (χ4n) is 4.33. The number of rotatable bonds is 6. The van der Waals surface area contributed by atoms with Crippen molar-refractivity contribution in [2.24, 2.45) is 0 Å². The Morgan fingerprint density at radius 2 is 1.64 bits per heavy atom. The van der Waals surface area contributed by atoms with Gasteiger partial charge in [-0.1, -0.05) is 36.4 Å². The first-order valence-electron chi connectivity index (χ1n) is 10.6. The second kappa shape index (κ2) is 7.92. The van der Waals surface area contributed by atoms with Gasteiger partial charge in [-0.05, 0) is 64.9 Å². The van der Waals surface area contributed by atoms with Gasteiger partial charge < -0.3 is 14.6 Å². The van der Waals surface area contributed by atoms with Crippen LogP contribution < -0.4 is 9.47 Å². The third-order valence-corrected chi connectivity index (χ3v) is 6.36. The largest absolute Gasteiger partial charge is 0.454 e. The minimum absolute atomic E-state index is 0. The van der Waals surface area contributed by atoms with Crippen molar-refractivity contribution in [2.75, 3.05) is 6.79 Å². The molecular formula is C26H23F3O4. The van der Waals surface area contributed by atoms with Gasteiger partial charge in [-0.3, -0.25) is 4.79 Å². The molecule has 1 fully saturated rings. The fourth-order valence-corrected chi connectivity index (χ4v) is 4.33. The standard InChI is InChI=1S/C26H21F3O4.H2/c27-26(28,29)21-10-17(9-19(12-21)18-3-1-16(14-30)2-4-18)11-24(31)25(7-8-25)20-5-6-22-23(13-20)33-15-32-22;/h1-6,9-10,12-13,30H,7-8,11,14-15H2;1H. The summed E-state index contributed by atoms with van der Waals surface area (Å²) in [4.78, 5) is 13.3. The normalized spacial score (nSPS) is 16.0. The van der Waals surface area contributed by atoms with E-state index in [0.29, 0.717) is 46.6 Å². The minimum atomic E-state index is -4.53. The van der Waals surface area contributed by atoms with E-state index < -0.39 is 17.2 Å². The molecule has 1 aliphatic carbocycles. The highest BCUT2D eigenvalue weighted by Gasteiger charge is 2.51. The Bertz CT molecular complexity index is 1220. The summed E-state index contributed by atoms with van der Waals surface area (Å²) in [5.74, 6) is 1.10. The predicted octanol–water partition coefficient (Wildman–Crippen LogP) is 5.68. The van der Waals surface area contributed by atoms with E-state index in [-0.39, 0.29) is 27.0 Å². The molecule has 1 saturated carbocycles. The van der Waals surface area contributed by atoms with Crippen LogP contribution in [0, 0.1) is 0 Å². The van der Waals surface area contributed by atoms with E-state index in [2.05, 4.69) is 0 Å². The Labute approximate surface area is 190 Å². The number of halogens is 3. The van der Waals surface area contributed by atoms with E-state index in [1.165, 1.54) is 0 Å². The summed E-state index contributed by atoms with van der Waals surface area (Å²) >= 11 is 0. The summed E-state index contributed by atoms with van der Waals surface area (Å²) in [5, 5.41) is 9.22. The van der Waals surface area contributed by atoms with Gasteiger partial charge in [-0.15, -0.1) is 0 Å². The molecule has 0 saturated heterocycles. The zero-order valence-electron chi connectivity index (χ0n) is 17.6. The molecule has 1 heterocycles. The fraction of sp³-hybridized carbons (Fsp3) is 0.269. The van der Waals surface area contributed by atoms with Gasteiger partial charge in [0, 0.05) is 7.85 Å². The van der Waals surface area contributed by atoms with Crippen molar-refractivity contribution in [1.82, 2.24) is 0 Å². The average Bonchev–Trinajstić information content (AvgIpc) is 3.49. The van der Waals surface area contributed by atoms with Crippen molar-refractivity contribution in [3.05, 3.63) is 82.9 Å². The Hall–Kier alpha value is -3.32. The monoisotopic (exact) mass is 456 g/mol. The molecular weight excluding hydrogens is 433 g/mol. The molecule has 3 aromatic carbocycles. The second-order valence-corrected chi connectivity index (χ2v) is 8.52. The average molecular weight is 456 g/mol. The van der Waals surface area contributed by atoms with Gasteiger partial charge in [0.15, 0.2) is 11.5 Å². The lowest BCUT2D eigenvalue weighted by Gasteiger charge is -2.17. The summed E-state index contributed by atoms with van der Waals surface area (Å²) < 4.78 is 51.6. The summed E-state index contributed by atoms with van der Waals surface area (Å²) in [6.07, 6.45) is -3.33. The molecule has 33 heavy (non-hydrogen) atoms. The molecule has 7 heteroatoms. The van der Waals surface area contributed by atoms with Crippen LogP contribution in [0.3, 0.4) is 0 Å². The van der Waals surface area contributed by atoms with E-state index in [9.17, 15) is 23.1 Å². The van der Waals surface area contributed by atoms with Gasteiger partial charge >= 0.3 is 6.18 Å². The maximum absolute atomic E-state index is 13.6. The molecule has 1 N–H and O–H groups in total. The number of hydrogen-bond donors (Lipinski definition) is 1. The van der Waals surface area contributed by atoms with Crippen molar-refractivity contribution >= 4 is 5.78 Å². The minimum Gasteiger partial charge on any atom is -0.454 e. The van der Waals surface area contributed by atoms with Gasteiger partial charge in [0.05, 0.1) is 17.6 Å². The van der Waals surface area contributed by atoms with Gasteiger partial charge in [-0.25, -0.2) is 0 Å². The molecule has 0 radical (unpaired) electrons. The SMILES string of the molecule is O=C(Cc1cc(-c2ccc(CO)cc2)cc(C(F)(F)F)c1)C1(c2ccc3c(c2)OCO3)CC1.[HH]. The summed E-state index contributed by atoms with van der Waals surface area (Å²) in [6, 6.07) is 15.8. The molecule has 0 amide bonds. The van der Waals surface area contributed by atoms with E-state index >= 15 is 0 Å². The van der Waals surface area contributed by atoms with Crippen LogP contribution in [0.5, 0.6) is 11.5 Å². The van der Waals surface area contributed by atoms with Crippen LogP contribution >= 0.6 is 0 Å². The van der Waals surface area contributed by atoms with Crippen LogP contribution in [0.2, 0.25) is 0 Å². The predicted molar refractivity (Wildman–Crippen MR) is 117 cm³/mol. The highest BCUT2D eigenvalue weighted by atomic mass is 19.4. The van der Waals surface area contributed by atoms with E-state index in [4.69, 9.17) is 9.47 Å². The Morgan fingerprint density at radius 3 is 2.30 bits per heavy atom. The van der Waals surface area contributed by atoms with Crippen molar-refractivity contribution < 1.29 is 34.0 Å². The molecule has 2 aliphatic rings. The van der Waals surface area contributed by atoms with Crippen LogP contribution in [0.4, 0.5) is 13.2 Å².